The smallest absolute Gasteiger partial charge is 0.185 e. The lowest BCUT2D eigenvalue weighted by Crippen LogP contribution is -2.07. The fraction of sp³-hybridized carbons (Fsp3) is 0.100. The summed E-state index contributed by atoms with van der Waals surface area (Å²) in [5.41, 5.74) is 2.66. The van der Waals surface area contributed by atoms with Crippen molar-refractivity contribution >= 4 is 17.7 Å². The number of rotatable bonds is 6. The maximum absolute atomic E-state index is 12.0. The number of nitrogens with zero attached hydrogens (tertiary/aromatic N) is 2. The zero-order valence-corrected chi connectivity index (χ0v) is 13.4. The number of benzene rings is 2. The van der Waals surface area contributed by atoms with E-state index < -0.39 is 0 Å². The summed E-state index contributed by atoms with van der Waals surface area (Å²) >= 11 is 0. The highest BCUT2D eigenvalue weighted by Gasteiger charge is 1.98. The largest absolute Gasteiger partial charge is 0.289 e. The molecule has 0 aromatic heterocycles. The Morgan fingerprint density at radius 2 is 1.57 bits per heavy atom. The summed E-state index contributed by atoms with van der Waals surface area (Å²) in [6, 6.07) is 19.1. The van der Waals surface area contributed by atoms with Crippen molar-refractivity contribution in [3.63, 3.8) is 0 Å². The standard InChI is InChI=1S/C20H20N2O/c1-17(13-14-20(23)18-9-5-3-6-10-18)15-16-21-22(2)19-11-7-4-8-12-19/h3-16H,1-2H3/b14-13+,17-15+,21-16+. The lowest BCUT2D eigenvalue weighted by Gasteiger charge is -2.11. The van der Waals surface area contributed by atoms with Crippen LogP contribution in [0.1, 0.15) is 17.3 Å². The minimum absolute atomic E-state index is 0.00306. The number of hydrogen-bond donors (Lipinski definition) is 0. The monoisotopic (exact) mass is 304 g/mol. The molecule has 0 amide bonds. The number of carbonyl (C=O) groups is 1. The molecule has 0 aliphatic heterocycles. The van der Waals surface area contributed by atoms with Crippen LogP contribution in [0.15, 0.2) is 89.6 Å². The second-order valence-corrected chi connectivity index (χ2v) is 5.10. The normalized spacial score (nSPS) is 12.0. The second kappa shape index (κ2) is 8.49. The highest BCUT2D eigenvalue weighted by Crippen LogP contribution is 2.10. The maximum atomic E-state index is 12.0. The van der Waals surface area contributed by atoms with Gasteiger partial charge in [-0.05, 0) is 36.8 Å². The number of anilines is 1. The average molecular weight is 304 g/mol. The Hall–Kier alpha value is -2.94. The molecule has 0 N–H and O–H groups in total. The molecular weight excluding hydrogens is 284 g/mol. The fourth-order valence-electron chi connectivity index (χ4n) is 1.92. The van der Waals surface area contributed by atoms with Crippen molar-refractivity contribution in [3.8, 4) is 0 Å². The van der Waals surface area contributed by atoms with Crippen molar-refractivity contribution < 1.29 is 4.79 Å². The summed E-state index contributed by atoms with van der Waals surface area (Å²) in [6.45, 7) is 1.93. The van der Waals surface area contributed by atoms with Crippen molar-refractivity contribution in [2.24, 2.45) is 5.10 Å². The van der Waals surface area contributed by atoms with Crippen LogP contribution in [0.25, 0.3) is 0 Å². The summed E-state index contributed by atoms with van der Waals surface area (Å²) < 4.78 is 0. The van der Waals surface area contributed by atoms with Crippen LogP contribution in [0.5, 0.6) is 0 Å². The molecule has 2 rings (SSSR count). The first-order valence-electron chi connectivity index (χ1n) is 7.44. The van der Waals surface area contributed by atoms with E-state index in [0.29, 0.717) is 5.56 Å². The lowest BCUT2D eigenvalue weighted by molar-refractivity contribution is 0.104. The third-order valence-electron chi connectivity index (χ3n) is 3.26. The van der Waals surface area contributed by atoms with E-state index in [4.69, 9.17) is 0 Å². The molecule has 3 nitrogen and oxygen atoms in total. The Morgan fingerprint density at radius 3 is 2.22 bits per heavy atom. The number of carbonyl (C=O) groups excluding carboxylic acids is 1. The number of para-hydroxylation sites is 1. The first-order valence-corrected chi connectivity index (χ1v) is 7.44. The van der Waals surface area contributed by atoms with Gasteiger partial charge in [-0.25, -0.2) is 0 Å². The minimum atomic E-state index is -0.00306. The minimum Gasteiger partial charge on any atom is -0.289 e. The second-order valence-electron chi connectivity index (χ2n) is 5.10. The zero-order chi connectivity index (χ0) is 16.5. The van der Waals surface area contributed by atoms with Crippen LogP contribution < -0.4 is 5.01 Å². The first kappa shape index (κ1) is 16.4. The molecular formula is C20H20N2O. The van der Waals surface area contributed by atoms with Crippen LogP contribution in [-0.2, 0) is 0 Å². The zero-order valence-electron chi connectivity index (χ0n) is 13.4. The molecule has 0 saturated carbocycles. The van der Waals surface area contributed by atoms with Crippen LogP contribution in [0.4, 0.5) is 5.69 Å². The van der Waals surface area contributed by atoms with Crippen molar-refractivity contribution in [3.05, 3.63) is 90.0 Å². The van der Waals surface area contributed by atoms with Crippen LogP contribution in [-0.4, -0.2) is 19.0 Å². The van der Waals surface area contributed by atoms with Gasteiger partial charge < -0.3 is 0 Å². The summed E-state index contributed by atoms with van der Waals surface area (Å²) in [4.78, 5) is 12.0. The first-order chi connectivity index (χ1) is 11.2. The number of hydrogen-bond acceptors (Lipinski definition) is 3. The molecule has 23 heavy (non-hydrogen) atoms. The summed E-state index contributed by atoms with van der Waals surface area (Å²) in [6.07, 6.45) is 6.97. The van der Waals surface area contributed by atoms with E-state index in [0.717, 1.165) is 11.3 Å². The molecule has 0 unspecified atom stereocenters. The quantitative estimate of drug-likeness (QED) is 0.259. The number of hydrazone groups is 1. The summed E-state index contributed by atoms with van der Waals surface area (Å²) in [7, 11) is 1.89. The average Bonchev–Trinajstić information content (AvgIpc) is 2.61. The molecule has 0 atom stereocenters. The van der Waals surface area contributed by atoms with E-state index in [2.05, 4.69) is 5.10 Å². The van der Waals surface area contributed by atoms with Gasteiger partial charge in [-0.1, -0.05) is 54.6 Å². The van der Waals surface area contributed by atoms with Crippen molar-refractivity contribution in [1.29, 1.82) is 0 Å². The van der Waals surface area contributed by atoms with E-state index in [1.165, 1.54) is 0 Å². The fourth-order valence-corrected chi connectivity index (χ4v) is 1.92. The maximum Gasteiger partial charge on any atom is 0.185 e. The molecule has 2 aromatic carbocycles. The van der Waals surface area contributed by atoms with Gasteiger partial charge >= 0.3 is 0 Å². The molecule has 116 valence electrons. The van der Waals surface area contributed by atoms with Gasteiger partial charge in [0.2, 0.25) is 0 Å². The SMILES string of the molecule is CC(/C=C/C(=O)c1ccccc1)=C\C=N\N(C)c1ccccc1. The van der Waals surface area contributed by atoms with Gasteiger partial charge in [-0.3, -0.25) is 9.80 Å². The molecule has 2 aromatic rings. The topological polar surface area (TPSA) is 32.7 Å². The van der Waals surface area contributed by atoms with Gasteiger partial charge in [0, 0.05) is 18.8 Å². The molecule has 0 radical (unpaired) electrons. The molecule has 3 heteroatoms. The van der Waals surface area contributed by atoms with Gasteiger partial charge in [0.1, 0.15) is 0 Å². The van der Waals surface area contributed by atoms with Gasteiger partial charge in [-0.15, -0.1) is 0 Å². The van der Waals surface area contributed by atoms with Gasteiger partial charge in [0.05, 0.1) is 5.69 Å². The molecule has 0 heterocycles. The van der Waals surface area contributed by atoms with Crippen molar-refractivity contribution in [1.82, 2.24) is 0 Å². The Kier molecular flexibility index (Phi) is 6.07. The summed E-state index contributed by atoms with van der Waals surface area (Å²) in [5.74, 6) is -0.00306. The highest BCUT2D eigenvalue weighted by molar-refractivity contribution is 6.04. The predicted molar refractivity (Wildman–Crippen MR) is 97.0 cm³/mol. The molecule has 0 bridgehead atoms. The third-order valence-corrected chi connectivity index (χ3v) is 3.26. The molecule has 0 fully saturated rings. The summed E-state index contributed by atoms with van der Waals surface area (Å²) in [5, 5.41) is 6.13. The molecule has 0 aliphatic carbocycles. The lowest BCUT2D eigenvalue weighted by atomic mass is 10.1. The molecule has 0 aliphatic rings. The van der Waals surface area contributed by atoms with Crippen LogP contribution >= 0.6 is 0 Å². The van der Waals surface area contributed by atoms with Crippen molar-refractivity contribution in [2.45, 2.75) is 6.92 Å². The Balaban J connectivity index is 1.94. The molecule has 0 spiro atoms. The van der Waals surface area contributed by atoms with E-state index in [-0.39, 0.29) is 5.78 Å². The van der Waals surface area contributed by atoms with Crippen LogP contribution in [0.3, 0.4) is 0 Å². The van der Waals surface area contributed by atoms with Crippen LogP contribution in [0, 0.1) is 0 Å². The van der Waals surface area contributed by atoms with Crippen molar-refractivity contribution in [2.75, 3.05) is 12.1 Å². The highest BCUT2D eigenvalue weighted by atomic mass is 16.1. The van der Waals surface area contributed by atoms with Gasteiger partial charge in [0.15, 0.2) is 5.78 Å². The van der Waals surface area contributed by atoms with E-state index >= 15 is 0 Å². The Bertz CT molecular complexity index is 716. The predicted octanol–water partition coefficient (Wildman–Crippen LogP) is 4.49. The Labute approximate surface area is 137 Å². The number of ketones is 1. The third kappa shape index (κ3) is 5.40. The van der Waals surface area contributed by atoms with E-state index in [1.807, 2.05) is 80.7 Å². The van der Waals surface area contributed by atoms with E-state index in [1.54, 1.807) is 23.4 Å². The number of allylic oxidation sites excluding steroid dienone is 4. The van der Waals surface area contributed by atoms with Gasteiger partial charge in [0.25, 0.3) is 0 Å². The van der Waals surface area contributed by atoms with Crippen LogP contribution in [0.2, 0.25) is 0 Å². The van der Waals surface area contributed by atoms with Gasteiger partial charge in [-0.2, -0.15) is 5.10 Å². The van der Waals surface area contributed by atoms with E-state index in [9.17, 15) is 4.79 Å². The molecule has 0 saturated heterocycles. The Morgan fingerprint density at radius 1 is 0.957 bits per heavy atom.